The Balaban J connectivity index is 1.84. The zero-order chi connectivity index (χ0) is 22.3. The normalized spacial score (nSPS) is 12.0. The highest BCUT2D eigenvalue weighted by molar-refractivity contribution is 7.93. The molecular formula is C17H15Cl2N3O6S2. The molecule has 1 aromatic heterocycles. The summed E-state index contributed by atoms with van der Waals surface area (Å²) < 4.78 is 59.5. The van der Waals surface area contributed by atoms with Gasteiger partial charge in [-0.1, -0.05) is 28.4 Å². The summed E-state index contributed by atoms with van der Waals surface area (Å²) in [6, 6.07) is 7.12. The lowest BCUT2D eigenvalue weighted by molar-refractivity contribution is 0.430. The van der Waals surface area contributed by atoms with Gasteiger partial charge in [0.15, 0.2) is 5.75 Å². The van der Waals surface area contributed by atoms with Gasteiger partial charge in [-0.25, -0.2) is 21.6 Å². The van der Waals surface area contributed by atoms with Gasteiger partial charge in [0.1, 0.15) is 4.90 Å². The van der Waals surface area contributed by atoms with Gasteiger partial charge in [0, 0.05) is 16.3 Å². The highest BCUT2D eigenvalue weighted by Crippen LogP contribution is 2.35. The predicted octanol–water partition coefficient (Wildman–Crippen LogP) is 3.91. The molecule has 160 valence electrons. The van der Waals surface area contributed by atoms with Crippen LogP contribution in [0.4, 0.5) is 11.6 Å². The maximum atomic E-state index is 12.6. The van der Waals surface area contributed by atoms with E-state index in [0.29, 0.717) is 11.3 Å². The van der Waals surface area contributed by atoms with Crippen LogP contribution in [0.15, 0.2) is 50.7 Å². The number of aromatic hydroxyl groups is 1. The molecular weight excluding hydrogens is 477 g/mol. The van der Waals surface area contributed by atoms with Crippen LogP contribution in [0.3, 0.4) is 0 Å². The van der Waals surface area contributed by atoms with Crippen LogP contribution in [-0.2, 0) is 20.0 Å². The second kappa shape index (κ2) is 7.99. The summed E-state index contributed by atoms with van der Waals surface area (Å²) in [6.45, 7) is 3.32. The fraction of sp³-hybridized carbons (Fsp3) is 0.118. The van der Waals surface area contributed by atoms with Crippen LogP contribution < -0.4 is 9.44 Å². The maximum Gasteiger partial charge on any atom is 0.265 e. The molecule has 0 aliphatic heterocycles. The number of hydrogen-bond donors (Lipinski definition) is 3. The van der Waals surface area contributed by atoms with Gasteiger partial charge in [-0.15, -0.1) is 0 Å². The van der Waals surface area contributed by atoms with Crippen LogP contribution in [0.5, 0.6) is 5.75 Å². The fourth-order valence-corrected chi connectivity index (χ4v) is 5.21. The monoisotopic (exact) mass is 491 g/mol. The molecule has 3 rings (SSSR count). The van der Waals surface area contributed by atoms with E-state index in [1.807, 2.05) is 0 Å². The van der Waals surface area contributed by atoms with Crippen molar-refractivity contribution in [3.8, 4) is 5.75 Å². The van der Waals surface area contributed by atoms with Crippen LogP contribution in [0.25, 0.3) is 0 Å². The van der Waals surface area contributed by atoms with Crippen molar-refractivity contribution >= 4 is 54.8 Å². The molecule has 0 fully saturated rings. The molecule has 0 bridgehead atoms. The van der Waals surface area contributed by atoms with E-state index < -0.39 is 30.7 Å². The molecule has 0 aliphatic carbocycles. The molecule has 0 amide bonds. The van der Waals surface area contributed by atoms with Crippen LogP contribution in [0.2, 0.25) is 10.0 Å². The molecule has 2 aromatic carbocycles. The van der Waals surface area contributed by atoms with E-state index in [0.717, 1.165) is 6.07 Å². The third-order valence-corrected chi connectivity index (χ3v) is 7.33. The van der Waals surface area contributed by atoms with Gasteiger partial charge in [-0.3, -0.25) is 4.72 Å². The molecule has 0 radical (unpaired) electrons. The molecule has 9 nitrogen and oxygen atoms in total. The third kappa shape index (κ3) is 4.48. The van der Waals surface area contributed by atoms with Gasteiger partial charge in [0.25, 0.3) is 20.0 Å². The summed E-state index contributed by atoms with van der Waals surface area (Å²) in [7, 11) is -8.23. The Hall–Kier alpha value is -2.47. The Morgan fingerprint density at radius 1 is 0.967 bits per heavy atom. The second-order valence-electron chi connectivity index (χ2n) is 6.19. The smallest absolute Gasteiger partial charge is 0.265 e. The number of phenols is 1. The number of aryl methyl sites for hydroxylation is 1. The maximum absolute atomic E-state index is 12.6. The molecule has 0 atom stereocenters. The van der Waals surface area contributed by atoms with Crippen molar-refractivity contribution in [3.63, 3.8) is 0 Å². The standard InChI is InChI=1S/C17H15Cl2N3O6S2/c1-9-10(2)20-28-17(9)22-29(24,25)13-5-3-12(4-6-13)21-30(26,27)15-8-11(18)7-14(19)16(15)23/h3-8,21-23H,1-2H3. The highest BCUT2D eigenvalue weighted by atomic mass is 35.5. The molecule has 30 heavy (non-hydrogen) atoms. The number of aromatic nitrogens is 1. The molecule has 3 aromatic rings. The van der Waals surface area contributed by atoms with E-state index in [1.165, 1.54) is 30.3 Å². The Morgan fingerprint density at radius 3 is 2.17 bits per heavy atom. The van der Waals surface area contributed by atoms with Crippen molar-refractivity contribution < 1.29 is 26.5 Å². The molecule has 0 unspecified atom stereocenters. The Kier molecular flexibility index (Phi) is 5.92. The minimum atomic E-state index is -4.25. The lowest BCUT2D eigenvalue weighted by atomic mass is 10.3. The minimum Gasteiger partial charge on any atom is -0.505 e. The predicted molar refractivity (Wildman–Crippen MR) is 112 cm³/mol. The topological polar surface area (TPSA) is 139 Å². The number of phenolic OH excluding ortho intramolecular Hbond substituents is 1. The average molecular weight is 492 g/mol. The summed E-state index contributed by atoms with van der Waals surface area (Å²) in [5, 5.41) is 13.4. The zero-order valence-electron chi connectivity index (χ0n) is 15.5. The van der Waals surface area contributed by atoms with Gasteiger partial charge in [0.2, 0.25) is 5.88 Å². The van der Waals surface area contributed by atoms with Crippen LogP contribution >= 0.6 is 23.2 Å². The number of anilines is 2. The number of sulfonamides is 2. The Bertz CT molecular complexity index is 1320. The number of nitrogens with zero attached hydrogens (tertiary/aromatic N) is 1. The van der Waals surface area contributed by atoms with Crippen molar-refractivity contribution in [1.29, 1.82) is 0 Å². The fourth-order valence-electron chi connectivity index (χ4n) is 2.35. The molecule has 0 saturated carbocycles. The lowest BCUT2D eigenvalue weighted by Gasteiger charge is -2.12. The first-order chi connectivity index (χ1) is 13.9. The SMILES string of the molecule is Cc1noc(NS(=O)(=O)c2ccc(NS(=O)(=O)c3cc(Cl)cc(Cl)c3O)cc2)c1C. The molecule has 3 N–H and O–H groups in total. The number of halogens is 2. The van der Waals surface area contributed by atoms with Gasteiger partial charge in [-0.05, 0) is 50.2 Å². The van der Waals surface area contributed by atoms with Gasteiger partial charge >= 0.3 is 0 Å². The summed E-state index contributed by atoms with van der Waals surface area (Å²) in [6.07, 6.45) is 0. The van der Waals surface area contributed by atoms with Crippen LogP contribution in [0.1, 0.15) is 11.3 Å². The summed E-state index contributed by atoms with van der Waals surface area (Å²) >= 11 is 11.6. The number of benzene rings is 2. The van der Waals surface area contributed by atoms with E-state index in [9.17, 15) is 21.9 Å². The lowest BCUT2D eigenvalue weighted by Crippen LogP contribution is -2.15. The second-order valence-corrected chi connectivity index (χ2v) is 10.4. The number of hydrogen-bond acceptors (Lipinski definition) is 7. The molecule has 0 saturated heterocycles. The van der Waals surface area contributed by atoms with Crippen molar-refractivity contribution in [2.45, 2.75) is 23.6 Å². The molecule has 1 heterocycles. The zero-order valence-corrected chi connectivity index (χ0v) is 18.6. The first kappa shape index (κ1) is 22.2. The minimum absolute atomic E-state index is 0.00871. The van der Waals surface area contributed by atoms with E-state index >= 15 is 0 Å². The van der Waals surface area contributed by atoms with Gasteiger partial charge in [0.05, 0.1) is 15.6 Å². The first-order valence-corrected chi connectivity index (χ1v) is 11.9. The van der Waals surface area contributed by atoms with E-state index in [-0.39, 0.29) is 26.5 Å². The number of nitrogens with one attached hydrogen (secondary N) is 2. The quantitative estimate of drug-likeness (QED) is 0.474. The third-order valence-electron chi connectivity index (χ3n) is 4.08. The van der Waals surface area contributed by atoms with E-state index in [1.54, 1.807) is 13.8 Å². The highest BCUT2D eigenvalue weighted by Gasteiger charge is 2.23. The first-order valence-electron chi connectivity index (χ1n) is 8.17. The van der Waals surface area contributed by atoms with Gasteiger partial charge < -0.3 is 9.63 Å². The van der Waals surface area contributed by atoms with E-state index in [4.69, 9.17) is 27.7 Å². The largest absolute Gasteiger partial charge is 0.505 e. The Morgan fingerprint density at radius 2 is 1.60 bits per heavy atom. The van der Waals surface area contributed by atoms with Crippen LogP contribution in [0, 0.1) is 13.8 Å². The van der Waals surface area contributed by atoms with Crippen molar-refractivity contribution in [1.82, 2.24) is 5.16 Å². The summed E-state index contributed by atoms with van der Waals surface area (Å²) in [4.78, 5) is -0.651. The molecule has 0 spiro atoms. The van der Waals surface area contributed by atoms with Crippen molar-refractivity contribution in [3.05, 3.63) is 57.7 Å². The molecule has 13 heteroatoms. The van der Waals surface area contributed by atoms with Gasteiger partial charge in [-0.2, -0.15) is 0 Å². The summed E-state index contributed by atoms with van der Waals surface area (Å²) in [5.41, 5.74) is 1.14. The van der Waals surface area contributed by atoms with Crippen molar-refractivity contribution in [2.24, 2.45) is 0 Å². The Labute approximate surface area is 182 Å². The molecule has 0 aliphatic rings. The van der Waals surface area contributed by atoms with Crippen LogP contribution in [-0.4, -0.2) is 27.1 Å². The van der Waals surface area contributed by atoms with Crippen molar-refractivity contribution in [2.75, 3.05) is 9.44 Å². The average Bonchev–Trinajstić information content (AvgIpc) is 2.96. The summed E-state index contributed by atoms with van der Waals surface area (Å²) in [5.74, 6) is -0.666. The number of rotatable bonds is 6. The van der Waals surface area contributed by atoms with E-state index in [2.05, 4.69) is 14.6 Å².